The molecule has 0 amide bonds. The van der Waals surface area contributed by atoms with Gasteiger partial charge >= 0.3 is 0 Å². The Balaban J connectivity index is 2.26. The number of nitrogens with one attached hydrogen (secondary N) is 1. The molecule has 1 fully saturated rings. The second kappa shape index (κ2) is 5.57. The van der Waals surface area contributed by atoms with E-state index in [-0.39, 0.29) is 0 Å². The van der Waals surface area contributed by atoms with Crippen LogP contribution in [0.2, 0.25) is 0 Å². The standard InChI is InChI=1S/C11H19NS/c1-3-4-9-12-10-11(13-2)7-5-6-8-11/h12H,5-10H2,1-2H3. The Bertz CT molecular complexity index is 196. The zero-order valence-electron chi connectivity index (χ0n) is 8.65. The molecule has 0 unspecified atom stereocenters. The van der Waals surface area contributed by atoms with Crippen molar-refractivity contribution >= 4 is 11.8 Å². The van der Waals surface area contributed by atoms with E-state index in [2.05, 4.69) is 23.4 Å². The minimum Gasteiger partial charge on any atom is -0.305 e. The average Bonchev–Trinajstić information content (AvgIpc) is 2.62. The highest BCUT2D eigenvalue weighted by molar-refractivity contribution is 8.00. The highest BCUT2D eigenvalue weighted by Gasteiger charge is 2.32. The lowest BCUT2D eigenvalue weighted by atomic mass is 10.1. The van der Waals surface area contributed by atoms with Crippen molar-refractivity contribution in [1.29, 1.82) is 0 Å². The largest absolute Gasteiger partial charge is 0.305 e. The van der Waals surface area contributed by atoms with Crippen molar-refractivity contribution < 1.29 is 0 Å². The molecule has 0 heterocycles. The van der Waals surface area contributed by atoms with E-state index in [4.69, 9.17) is 0 Å². The molecule has 0 radical (unpaired) electrons. The highest BCUT2D eigenvalue weighted by atomic mass is 32.2. The van der Waals surface area contributed by atoms with Crippen LogP contribution < -0.4 is 5.32 Å². The Labute approximate surface area is 86.1 Å². The third kappa shape index (κ3) is 3.25. The number of hydrogen-bond acceptors (Lipinski definition) is 2. The predicted octanol–water partition coefficient (Wildman–Crippen LogP) is 2.28. The topological polar surface area (TPSA) is 12.0 Å². The maximum atomic E-state index is 3.43. The molecule has 2 heteroatoms. The fourth-order valence-corrected chi connectivity index (χ4v) is 2.86. The second-order valence-electron chi connectivity index (χ2n) is 3.62. The average molecular weight is 197 g/mol. The summed E-state index contributed by atoms with van der Waals surface area (Å²) in [5.41, 5.74) is 0. The summed E-state index contributed by atoms with van der Waals surface area (Å²) in [4.78, 5) is 0. The van der Waals surface area contributed by atoms with Gasteiger partial charge in [-0.1, -0.05) is 18.8 Å². The summed E-state index contributed by atoms with van der Waals surface area (Å²) in [6, 6.07) is 0. The van der Waals surface area contributed by atoms with Gasteiger partial charge in [-0.15, -0.1) is 5.92 Å². The van der Waals surface area contributed by atoms with Crippen LogP contribution in [-0.2, 0) is 0 Å². The van der Waals surface area contributed by atoms with Crippen molar-refractivity contribution in [2.24, 2.45) is 0 Å². The molecule has 13 heavy (non-hydrogen) atoms. The first-order valence-electron chi connectivity index (χ1n) is 4.98. The Morgan fingerprint density at radius 2 is 2.08 bits per heavy atom. The molecule has 1 saturated carbocycles. The van der Waals surface area contributed by atoms with E-state index < -0.39 is 0 Å². The van der Waals surface area contributed by atoms with E-state index in [1.807, 2.05) is 18.7 Å². The van der Waals surface area contributed by atoms with E-state index in [9.17, 15) is 0 Å². The minimum atomic E-state index is 0.523. The fraction of sp³-hybridized carbons (Fsp3) is 0.818. The molecule has 1 rings (SSSR count). The second-order valence-corrected chi connectivity index (χ2v) is 4.90. The molecular weight excluding hydrogens is 178 g/mol. The van der Waals surface area contributed by atoms with Crippen LogP contribution in [0.1, 0.15) is 32.6 Å². The van der Waals surface area contributed by atoms with Gasteiger partial charge in [0.15, 0.2) is 0 Å². The maximum absolute atomic E-state index is 3.43. The van der Waals surface area contributed by atoms with Gasteiger partial charge in [0.05, 0.1) is 6.54 Å². The van der Waals surface area contributed by atoms with Gasteiger partial charge in [-0.2, -0.15) is 11.8 Å². The van der Waals surface area contributed by atoms with Gasteiger partial charge in [-0.25, -0.2) is 0 Å². The zero-order valence-corrected chi connectivity index (χ0v) is 9.47. The highest BCUT2D eigenvalue weighted by Crippen LogP contribution is 2.39. The Morgan fingerprint density at radius 1 is 1.38 bits per heavy atom. The summed E-state index contributed by atoms with van der Waals surface area (Å²) in [7, 11) is 0. The number of rotatable bonds is 4. The van der Waals surface area contributed by atoms with Crippen molar-refractivity contribution in [3.63, 3.8) is 0 Å². The van der Waals surface area contributed by atoms with Gasteiger partial charge in [-0.3, -0.25) is 0 Å². The van der Waals surface area contributed by atoms with E-state index >= 15 is 0 Å². The van der Waals surface area contributed by atoms with Crippen LogP contribution in [0.4, 0.5) is 0 Å². The van der Waals surface area contributed by atoms with E-state index in [0.717, 1.165) is 13.1 Å². The fourth-order valence-electron chi connectivity index (χ4n) is 1.91. The van der Waals surface area contributed by atoms with Crippen molar-refractivity contribution in [3.8, 4) is 11.8 Å². The quantitative estimate of drug-likeness (QED) is 0.548. The molecule has 0 aromatic heterocycles. The molecular formula is C11H19NS. The third-order valence-corrected chi connectivity index (χ3v) is 4.20. The van der Waals surface area contributed by atoms with Crippen LogP contribution in [-0.4, -0.2) is 24.1 Å². The Hall–Kier alpha value is -0.130. The van der Waals surface area contributed by atoms with Crippen molar-refractivity contribution in [2.45, 2.75) is 37.4 Å². The lowest BCUT2D eigenvalue weighted by Gasteiger charge is -2.26. The van der Waals surface area contributed by atoms with Crippen molar-refractivity contribution in [2.75, 3.05) is 19.3 Å². The Kier molecular flexibility index (Phi) is 4.69. The summed E-state index contributed by atoms with van der Waals surface area (Å²) in [5, 5.41) is 3.43. The number of hydrogen-bond donors (Lipinski definition) is 1. The van der Waals surface area contributed by atoms with E-state index in [1.165, 1.54) is 25.7 Å². The first-order chi connectivity index (χ1) is 6.33. The van der Waals surface area contributed by atoms with Crippen molar-refractivity contribution in [1.82, 2.24) is 5.32 Å². The molecule has 0 saturated heterocycles. The molecule has 0 aliphatic heterocycles. The molecule has 0 aromatic rings. The molecule has 0 spiro atoms. The molecule has 74 valence electrons. The zero-order chi connectivity index (χ0) is 9.57. The lowest BCUT2D eigenvalue weighted by Crippen LogP contribution is -2.35. The van der Waals surface area contributed by atoms with Gasteiger partial charge < -0.3 is 5.32 Å². The van der Waals surface area contributed by atoms with Gasteiger partial charge in [-0.05, 0) is 26.0 Å². The Morgan fingerprint density at radius 3 is 2.62 bits per heavy atom. The van der Waals surface area contributed by atoms with Crippen molar-refractivity contribution in [3.05, 3.63) is 0 Å². The summed E-state index contributed by atoms with van der Waals surface area (Å²) < 4.78 is 0.523. The van der Waals surface area contributed by atoms with Crippen LogP contribution in [0.15, 0.2) is 0 Å². The van der Waals surface area contributed by atoms with Crippen LogP contribution in [0.3, 0.4) is 0 Å². The van der Waals surface area contributed by atoms with E-state index in [1.54, 1.807) is 0 Å². The lowest BCUT2D eigenvalue weighted by molar-refractivity contribution is 0.556. The van der Waals surface area contributed by atoms with Gasteiger partial charge in [0.2, 0.25) is 0 Å². The molecule has 1 nitrogen and oxygen atoms in total. The molecule has 0 bridgehead atoms. The van der Waals surface area contributed by atoms with Gasteiger partial charge in [0.25, 0.3) is 0 Å². The summed E-state index contributed by atoms with van der Waals surface area (Å²) in [6.45, 7) is 3.86. The SMILES string of the molecule is CC#CCNCC1(SC)CCCC1. The monoisotopic (exact) mass is 197 g/mol. The van der Waals surface area contributed by atoms with Gasteiger partial charge in [0.1, 0.15) is 0 Å². The predicted molar refractivity (Wildman–Crippen MR) is 61.0 cm³/mol. The van der Waals surface area contributed by atoms with Crippen LogP contribution in [0, 0.1) is 11.8 Å². The smallest absolute Gasteiger partial charge is 0.0576 e. The van der Waals surface area contributed by atoms with E-state index in [0.29, 0.717) is 4.75 Å². The third-order valence-electron chi connectivity index (χ3n) is 2.79. The molecule has 0 aromatic carbocycles. The molecule has 0 atom stereocenters. The van der Waals surface area contributed by atoms with Crippen LogP contribution >= 0.6 is 11.8 Å². The molecule has 1 aliphatic carbocycles. The normalized spacial score (nSPS) is 19.5. The maximum Gasteiger partial charge on any atom is 0.0576 e. The minimum absolute atomic E-state index is 0.523. The molecule has 1 N–H and O–H groups in total. The van der Waals surface area contributed by atoms with Gasteiger partial charge in [0, 0.05) is 11.3 Å². The van der Waals surface area contributed by atoms with Crippen LogP contribution in [0.25, 0.3) is 0 Å². The number of thioether (sulfide) groups is 1. The first kappa shape index (κ1) is 10.9. The van der Waals surface area contributed by atoms with Crippen LogP contribution in [0.5, 0.6) is 0 Å². The first-order valence-corrected chi connectivity index (χ1v) is 6.21. The summed E-state index contributed by atoms with van der Waals surface area (Å²) in [5.74, 6) is 5.95. The summed E-state index contributed by atoms with van der Waals surface area (Å²) >= 11 is 2.03. The molecule has 1 aliphatic rings. The summed E-state index contributed by atoms with van der Waals surface area (Å²) in [6.07, 6.45) is 7.80.